The van der Waals surface area contributed by atoms with Crippen LogP contribution in [0.3, 0.4) is 0 Å². The Morgan fingerprint density at radius 1 is 1.10 bits per heavy atom. The number of anilines is 1. The van der Waals surface area contributed by atoms with Crippen molar-refractivity contribution >= 4 is 17.6 Å². The summed E-state index contributed by atoms with van der Waals surface area (Å²) in [5.41, 5.74) is 2.27. The molecule has 1 N–H and O–H groups in total. The molecule has 1 aromatic carbocycles. The molecular formula is C24H37N3O3. The van der Waals surface area contributed by atoms with Crippen LogP contribution in [0.2, 0.25) is 0 Å². The van der Waals surface area contributed by atoms with Crippen LogP contribution in [-0.2, 0) is 20.9 Å². The van der Waals surface area contributed by atoms with Gasteiger partial charge >= 0.3 is 5.97 Å². The minimum atomic E-state index is -0.126. The van der Waals surface area contributed by atoms with Crippen LogP contribution in [0.4, 0.5) is 5.69 Å². The fourth-order valence-electron chi connectivity index (χ4n) is 4.66. The number of esters is 1. The number of carbonyl (C=O) groups is 2. The predicted octanol–water partition coefficient (Wildman–Crippen LogP) is 3.66. The zero-order valence-electron chi connectivity index (χ0n) is 18.6. The molecule has 6 nitrogen and oxygen atoms in total. The van der Waals surface area contributed by atoms with Gasteiger partial charge in [0.15, 0.2) is 0 Å². The summed E-state index contributed by atoms with van der Waals surface area (Å²) in [4.78, 5) is 28.9. The maximum Gasteiger partial charge on any atom is 0.309 e. The van der Waals surface area contributed by atoms with E-state index in [1.54, 1.807) is 0 Å². The summed E-state index contributed by atoms with van der Waals surface area (Å²) >= 11 is 0. The Morgan fingerprint density at radius 2 is 1.80 bits per heavy atom. The van der Waals surface area contributed by atoms with E-state index in [9.17, 15) is 9.59 Å². The maximum atomic E-state index is 12.7. The number of hydrogen-bond donors (Lipinski definition) is 1. The molecule has 1 heterocycles. The highest BCUT2D eigenvalue weighted by Crippen LogP contribution is 2.25. The first kappa shape index (κ1) is 22.6. The van der Waals surface area contributed by atoms with Crippen molar-refractivity contribution in [2.24, 2.45) is 5.92 Å². The number of likely N-dealkylation sites (tertiary alicyclic amines) is 1. The number of benzene rings is 1. The first-order chi connectivity index (χ1) is 14.6. The van der Waals surface area contributed by atoms with Crippen molar-refractivity contribution in [2.75, 3.05) is 38.6 Å². The monoisotopic (exact) mass is 415 g/mol. The van der Waals surface area contributed by atoms with E-state index in [1.165, 1.54) is 37.7 Å². The molecule has 1 amide bonds. The maximum absolute atomic E-state index is 12.7. The van der Waals surface area contributed by atoms with Crippen LogP contribution >= 0.6 is 0 Å². The summed E-state index contributed by atoms with van der Waals surface area (Å²) in [7, 11) is 2.21. The molecule has 166 valence electrons. The molecule has 1 aromatic rings. The van der Waals surface area contributed by atoms with Crippen LogP contribution in [0.25, 0.3) is 0 Å². The summed E-state index contributed by atoms with van der Waals surface area (Å²) in [6, 6.07) is 8.95. The van der Waals surface area contributed by atoms with E-state index in [-0.39, 0.29) is 24.3 Å². The lowest BCUT2D eigenvalue weighted by Gasteiger charge is -2.32. The summed E-state index contributed by atoms with van der Waals surface area (Å²) in [6.07, 6.45) is 7.97. The Kier molecular flexibility index (Phi) is 8.55. The lowest BCUT2D eigenvalue weighted by Crippen LogP contribution is -2.43. The topological polar surface area (TPSA) is 61.9 Å². The number of nitrogens with zero attached hydrogens (tertiary/aromatic N) is 2. The van der Waals surface area contributed by atoms with Crippen LogP contribution < -0.4 is 5.32 Å². The number of nitrogens with one attached hydrogen (secondary N) is 1. The fraction of sp³-hybridized carbons (Fsp3) is 0.667. The molecule has 1 aliphatic carbocycles. The van der Waals surface area contributed by atoms with Gasteiger partial charge in [-0.15, -0.1) is 0 Å². The molecule has 2 aliphatic rings. The Bertz CT molecular complexity index is 695. The van der Waals surface area contributed by atoms with Crippen molar-refractivity contribution in [3.8, 4) is 0 Å². The van der Waals surface area contributed by atoms with Crippen molar-refractivity contribution in [1.29, 1.82) is 0 Å². The number of amides is 1. The van der Waals surface area contributed by atoms with Crippen LogP contribution in [0.15, 0.2) is 24.3 Å². The molecule has 1 saturated heterocycles. The van der Waals surface area contributed by atoms with E-state index in [0.29, 0.717) is 38.6 Å². The summed E-state index contributed by atoms with van der Waals surface area (Å²) < 4.78 is 5.11. The van der Waals surface area contributed by atoms with Crippen LogP contribution in [0.1, 0.15) is 57.4 Å². The number of ether oxygens (including phenoxy) is 1. The van der Waals surface area contributed by atoms with Gasteiger partial charge in [0.25, 0.3) is 0 Å². The Balaban J connectivity index is 1.49. The Labute approximate surface area is 180 Å². The van der Waals surface area contributed by atoms with Crippen LogP contribution in [-0.4, -0.2) is 61.0 Å². The van der Waals surface area contributed by atoms with Gasteiger partial charge in [-0.25, -0.2) is 0 Å². The molecule has 0 unspecified atom stereocenters. The largest absolute Gasteiger partial charge is 0.466 e. The van der Waals surface area contributed by atoms with Gasteiger partial charge in [0.2, 0.25) is 5.91 Å². The molecule has 3 rings (SSSR count). The van der Waals surface area contributed by atoms with Crippen molar-refractivity contribution in [2.45, 2.75) is 64.5 Å². The molecule has 0 aromatic heterocycles. The highest BCUT2D eigenvalue weighted by atomic mass is 16.5. The third-order valence-corrected chi connectivity index (χ3v) is 6.53. The van der Waals surface area contributed by atoms with E-state index < -0.39 is 0 Å². The Hall–Kier alpha value is -2.08. The van der Waals surface area contributed by atoms with Gasteiger partial charge in [0, 0.05) is 31.4 Å². The average Bonchev–Trinajstić information content (AvgIpc) is 2.79. The molecule has 1 saturated carbocycles. The normalized spacial score (nSPS) is 18.4. The second kappa shape index (κ2) is 11.3. The molecule has 1 aliphatic heterocycles. The molecule has 0 spiro atoms. The number of piperidine rings is 1. The zero-order valence-corrected chi connectivity index (χ0v) is 18.6. The molecule has 0 atom stereocenters. The van der Waals surface area contributed by atoms with Crippen molar-refractivity contribution in [1.82, 2.24) is 9.80 Å². The zero-order chi connectivity index (χ0) is 21.3. The highest BCUT2D eigenvalue weighted by molar-refractivity contribution is 5.81. The number of hydrogen-bond acceptors (Lipinski definition) is 5. The van der Waals surface area contributed by atoms with Crippen molar-refractivity contribution in [3.63, 3.8) is 0 Å². The standard InChI is InChI=1S/C24H37N3O3/c1-3-30-24(29)19-13-15-27(16-14-19)23(28)17-25-22-12-8-7-9-20(22)18-26(2)21-10-5-4-6-11-21/h7-9,12,19,21,25H,3-6,10-11,13-18H2,1-2H3. The van der Waals surface area contributed by atoms with E-state index >= 15 is 0 Å². The third-order valence-electron chi connectivity index (χ3n) is 6.53. The predicted molar refractivity (Wildman–Crippen MR) is 119 cm³/mol. The van der Waals surface area contributed by atoms with Gasteiger partial charge in [-0.05, 0) is 51.3 Å². The third kappa shape index (κ3) is 6.21. The first-order valence-electron chi connectivity index (χ1n) is 11.5. The van der Waals surface area contributed by atoms with Gasteiger partial charge in [-0.3, -0.25) is 14.5 Å². The quantitative estimate of drug-likeness (QED) is 0.657. The number of para-hydroxylation sites is 1. The highest BCUT2D eigenvalue weighted by Gasteiger charge is 2.28. The summed E-state index contributed by atoms with van der Waals surface area (Å²) in [5, 5.41) is 3.36. The van der Waals surface area contributed by atoms with Crippen molar-refractivity contribution < 1.29 is 14.3 Å². The smallest absolute Gasteiger partial charge is 0.309 e. The molecular weight excluding hydrogens is 378 g/mol. The Morgan fingerprint density at radius 3 is 2.50 bits per heavy atom. The molecule has 30 heavy (non-hydrogen) atoms. The van der Waals surface area contributed by atoms with E-state index in [0.717, 1.165) is 12.2 Å². The van der Waals surface area contributed by atoms with E-state index in [1.807, 2.05) is 17.9 Å². The van der Waals surface area contributed by atoms with Gasteiger partial charge in [-0.2, -0.15) is 0 Å². The van der Waals surface area contributed by atoms with Gasteiger partial charge < -0.3 is 15.0 Å². The minimum Gasteiger partial charge on any atom is -0.466 e. The van der Waals surface area contributed by atoms with Crippen LogP contribution in [0.5, 0.6) is 0 Å². The van der Waals surface area contributed by atoms with Gasteiger partial charge in [-0.1, -0.05) is 37.5 Å². The lowest BCUT2D eigenvalue weighted by atomic mass is 9.94. The minimum absolute atomic E-state index is 0.0713. The SMILES string of the molecule is CCOC(=O)C1CCN(C(=O)CNc2ccccc2CN(C)C2CCCCC2)CC1. The second-order valence-corrected chi connectivity index (χ2v) is 8.62. The van der Waals surface area contributed by atoms with Crippen molar-refractivity contribution in [3.05, 3.63) is 29.8 Å². The van der Waals surface area contributed by atoms with E-state index in [4.69, 9.17) is 4.74 Å². The van der Waals surface area contributed by atoms with E-state index in [2.05, 4.69) is 35.5 Å². The number of rotatable bonds is 8. The van der Waals surface area contributed by atoms with Gasteiger partial charge in [0.1, 0.15) is 0 Å². The molecule has 2 fully saturated rings. The molecule has 0 bridgehead atoms. The van der Waals surface area contributed by atoms with Crippen LogP contribution in [0, 0.1) is 5.92 Å². The first-order valence-corrected chi connectivity index (χ1v) is 11.5. The number of carbonyl (C=O) groups excluding carboxylic acids is 2. The summed E-state index contributed by atoms with van der Waals surface area (Å²) in [5.74, 6) is -0.107. The summed E-state index contributed by atoms with van der Waals surface area (Å²) in [6.45, 7) is 4.66. The second-order valence-electron chi connectivity index (χ2n) is 8.62. The molecule has 0 radical (unpaired) electrons. The molecule has 6 heteroatoms. The van der Waals surface area contributed by atoms with Gasteiger partial charge in [0.05, 0.1) is 19.1 Å². The lowest BCUT2D eigenvalue weighted by molar-refractivity contribution is -0.151. The fourth-order valence-corrected chi connectivity index (χ4v) is 4.66. The average molecular weight is 416 g/mol.